The molecule has 100 valence electrons. The van der Waals surface area contributed by atoms with Crippen LogP contribution in [0.1, 0.15) is 29.3 Å². The van der Waals surface area contributed by atoms with Crippen molar-refractivity contribution < 1.29 is 14.3 Å². The van der Waals surface area contributed by atoms with Crippen molar-refractivity contribution in [3.63, 3.8) is 0 Å². The van der Waals surface area contributed by atoms with Crippen molar-refractivity contribution in [2.45, 2.75) is 13.3 Å². The summed E-state index contributed by atoms with van der Waals surface area (Å²) in [6.07, 6.45) is 0.173. The lowest BCUT2D eigenvalue weighted by molar-refractivity contribution is -0.143. The molecule has 0 aromatic heterocycles. The molecule has 1 aromatic carbocycles. The van der Waals surface area contributed by atoms with Crippen molar-refractivity contribution in [3.05, 3.63) is 35.4 Å². The summed E-state index contributed by atoms with van der Waals surface area (Å²) in [6, 6.07) is 8.37. The maximum Gasteiger partial charge on any atom is 0.307 e. The van der Waals surface area contributed by atoms with Gasteiger partial charge in [0.05, 0.1) is 24.7 Å². The molecule has 5 nitrogen and oxygen atoms in total. The van der Waals surface area contributed by atoms with Crippen molar-refractivity contribution in [1.82, 2.24) is 4.90 Å². The maximum absolute atomic E-state index is 12.0. The largest absolute Gasteiger partial charge is 0.466 e. The highest BCUT2D eigenvalue weighted by Gasteiger charge is 2.13. The monoisotopic (exact) mass is 260 g/mol. The van der Waals surface area contributed by atoms with Crippen LogP contribution >= 0.6 is 0 Å². The molecule has 0 saturated carbocycles. The van der Waals surface area contributed by atoms with E-state index in [0.717, 1.165) is 0 Å². The summed E-state index contributed by atoms with van der Waals surface area (Å²) in [7, 11) is 1.62. The molecule has 0 saturated heterocycles. The summed E-state index contributed by atoms with van der Waals surface area (Å²) >= 11 is 0. The quantitative estimate of drug-likeness (QED) is 0.754. The number of benzene rings is 1. The number of amides is 1. The molecule has 0 spiro atoms. The molecule has 0 aliphatic carbocycles. The highest BCUT2D eigenvalue weighted by Crippen LogP contribution is 2.06. The van der Waals surface area contributed by atoms with Crippen LogP contribution < -0.4 is 0 Å². The fourth-order valence-corrected chi connectivity index (χ4v) is 1.50. The summed E-state index contributed by atoms with van der Waals surface area (Å²) in [5.41, 5.74) is 0.996. The molecule has 0 atom stereocenters. The lowest BCUT2D eigenvalue weighted by Crippen LogP contribution is -2.29. The lowest BCUT2D eigenvalue weighted by atomic mass is 10.1. The molecule has 0 aliphatic rings. The van der Waals surface area contributed by atoms with Crippen LogP contribution in [0.15, 0.2) is 24.3 Å². The van der Waals surface area contributed by atoms with E-state index in [1.54, 1.807) is 38.2 Å². The number of nitriles is 1. The lowest BCUT2D eigenvalue weighted by Gasteiger charge is -2.16. The minimum absolute atomic E-state index is 0.173. The second-order valence-corrected chi connectivity index (χ2v) is 3.97. The molecule has 0 radical (unpaired) electrons. The topological polar surface area (TPSA) is 70.4 Å². The molecule has 5 heteroatoms. The van der Waals surface area contributed by atoms with E-state index in [-0.39, 0.29) is 18.3 Å². The zero-order valence-corrected chi connectivity index (χ0v) is 11.0. The number of carbonyl (C=O) groups excluding carboxylic acids is 2. The molecule has 0 fully saturated rings. The van der Waals surface area contributed by atoms with E-state index in [9.17, 15) is 9.59 Å². The van der Waals surface area contributed by atoms with Crippen molar-refractivity contribution in [2.75, 3.05) is 20.2 Å². The zero-order valence-electron chi connectivity index (χ0n) is 11.0. The Hall–Kier alpha value is -2.35. The average Bonchev–Trinajstić information content (AvgIpc) is 2.44. The van der Waals surface area contributed by atoms with Gasteiger partial charge >= 0.3 is 5.97 Å². The number of hydrogen-bond acceptors (Lipinski definition) is 4. The van der Waals surface area contributed by atoms with Gasteiger partial charge in [0.1, 0.15) is 0 Å². The molecule has 1 rings (SSSR count). The molecule has 0 N–H and O–H groups in total. The Labute approximate surface area is 112 Å². The SMILES string of the molecule is CCOC(=O)CCN(C)C(=O)c1ccc(C#N)cc1. The standard InChI is InChI=1S/C14H16N2O3/c1-3-19-13(17)8-9-16(2)14(18)12-6-4-11(10-15)5-7-12/h4-7H,3,8-9H2,1-2H3. The molecular weight excluding hydrogens is 244 g/mol. The number of rotatable bonds is 5. The summed E-state index contributed by atoms with van der Waals surface area (Å²) in [4.78, 5) is 24.7. The first-order chi connectivity index (χ1) is 9.08. The predicted molar refractivity (Wildman–Crippen MR) is 69.4 cm³/mol. The molecule has 1 amide bonds. The van der Waals surface area contributed by atoms with E-state index >= 15 is 0 Å². The van der Waals surface area contributed by atoms with Crippen molar-refractivity contribution in [1.29, 1.82) is 5.26 Å². The molecular formula is C14H16N2O3. The number of ether oxygens (including phenoxy) is 1. The number of esters is 1. The van der Waals surface area contributed by atoms with Crippen LogP contribution in [0.4, 0.5) is 0 Å². The molecule has 0 unspecified atom stereocenters. The van der Waals surface area contributed by atoms with Crippen LogP contribution in [0.2, 0.25) is 0 Å². The second kappa shape index (κ2) is 7.17. The first-order valence-electron chi connectivity index (χ1n) is 5.99. The van der Waals surface area contributed by atoms with Crippen molar-refractivity contribution in [3.8, 4) is 6.07 Å². The third-order valence-electron chi connectivity index (χ3n) is 2.56. The van der Waals surface area contributed by atoms with Crippen LogP contribution in [-0.4, -0.2) is 37.0 Å². The molecule has 0 heterocycles. The van der Waals surface area contributed by atoms with Gasteiger partial charge in [0.15, 0.2) is 0 Å². The highest BCUT2D eigenvalue weighted by molar-refractivity contribution is 5.94. The van der Waals surface area contributed by atoms with E-state index in [1.165, 1.54) is 4.90 Å². The zero-order chi connectivity index (χ0) is 14.3. The Balaban J connectivity index is 2.56. The first kappa shape index (κ1) is 14.7. The Morgan fingerprint density at radius 2 is 1.95 bits per heavy atom. The molecule has 1 aromatic rings. The maximum atomic E-state index is 12.0. The van der Waals surface area contributed by atoms with Crippen LogP contribution in [0.3, 0.4) is 0 Å². The third-order valence-corrected chi connectivity index (χ3v) is 2.56. The van der Waals surface area contributed by atoms with E-state index in [0.29, 0.717) is 24.3 Å². The number of hydrogen-bond donors (Lipinski definition) is 0. The predicted octanol–water partition coefficient (Wildman–Crippen LogP) is 1.58. The van der Waals surface area contributed by atoms with Crippen molar-refractivity contribution >= 4 is 11.9 Å². The van der Waals surface area contributed by atoms with Gasteiger partial charge in [-0.25, -0.2) is 0 Å². The van der Waals surface area contributed by atoms with Crippen LogP contribution in [-0.2, 0) is 9.53 Å². The van der Waals surface area contributed by atoms with Gasteiger partial charge in [-0.1, -0.05) is 0 Å². The second-order valence-electron chi connectivity index (χ2n) is 3.97. The fraction of sp³-hybridized carbons (Fsp3) is 0.357. The smallest absolute Gasteiger partial charge is 0.307 e. The number of carbonyl (C=O) groups is 2. The average molecular weight is 260 g/mol. The third kappa shape index (κ3) is 4.43. The minimum Gasteiger partial charge on any atom is -0.466 e. The molecule has 19 heavy (non-hydrogen) atoms. The van der Waals surface area contributed by atoms with Crippen LogP contribution in [0, 0.1) is 11.3 Å². The normalized spacial score (nSPS) is 9.53. The molecule has 0 bridgehead atoms. The van der Waals surface area contributed by atoms with Gasteiger partial charge in [-0.15, -0.1) is 0 Å². The van der Waals surface area contributed by atoms with Gasteiger partial charge in [0, 0.05) is 19.2 Å². The van der Waals surface area contributed by atoms with E-state index in [2.05, 4.69) is 0 Å². The van der Waals surface area contributed by atoms with Gasteiger partial charge < -0.3 is 9.64 Å². The van der Waals surface area contributed by atoms with Gasteiger partial charge in [0.25, 0.3) is 5.91 Å². The number of nitrogens with zero attached hydrogens (tertiary/aromatic N) is 2. The summed E-state index contributed by atoms with van der Waals surface area (Å²) in [5.74, 6) is -0.504. The molecule has 0 aliphatic heterocycles. The Morgan fingerprint density at radius 3 is 2.47 bits per heavy atom. The first-order valence-corrected chi connectivity index (χ1v) is 5.99. The van der Waals surface area contributed by atoms with E-state index in [4.69, 9.17) is 10.00 Å². The minimum atomic E-state index is -0.318. The Morgan fingerprint density at radius 1 is 1.32 bits per heavy atom. The Bertz CT molecular complexity index is 488. The summed E-state index contributed by atoms with van der Waals surface area (Å²) in [5, 5.41) is 8.68. The summed E-state index contributed by atoms with van der Waals surface area (Å²) in [6.45, 7) is 2.38. The highest BCUT2D eigenvalue weighted by atomic mass is 16.5. The Kier molecular flexibility index (Phi) is 5.55. The van der Waals surface area contributed by atoms with Crippen LogP contribution in [0.5, 0.6) is 0 Å². The van der Waals surface area contributed by atoms with E-state index in [1.807, 2.05) is 6.07 Å². The summed E-state index contributed by atoms with van der Waals surface area (Å²) < 4.78 is 4.80. The fourth-order valence-electron chi connectivity index (χ4n) is 1.50. The van der Waals surface area contributed by atoms with Gasteiger partial charge in [0.2, 0.25) is 0 Å². The van der Waals surface area contributed by atoms with E-state index < -0.39 is 0 Å². The van der Waals surface area contributed by atoms with Gasteiger partial charge in [-0.2, -0.15) is 5.26 Å². The van der Waals surface area contributed by atoms with Gasteiger partial charge in [-0.05, 0) is 31.2 Å². The van der Waals surface area contributed by atoms with Crippen LogP contribution in [0.25, 0.3) is 0 Å². The van der Waals surface area contributed by atoms with Crippen molar-refractivity contribution in [2.24, 2.45) is 0 Å². The van der Waals surface area contributed by atoms with Gasteiger partial charge in [-0.3, -0.25) is 9.59 Å².